The summed E-state index contributed by atoms with van der Waals surface area (Å²) in [5.74, 6) is -1.98. The molecule has 0 unspecified atom stereocenters. The molecule has 4 aromatic carbocycles. The summed E-state index contributed by atoms with van der Waals surface area (Å²) in [4.78, 5) is 34.6. The van der Waals surface area contributed by atoms with Gasteiger partial charge in [0.25, 0.3) is 5.91 Å². The second kappa shape index (κ2) is 9.85. The molecule has 2 aliphatic rings. The van der Waals surface area contributed by atoms with Crippen molar-refractivity contribution in [1.29, 1.82) is 0 Å². The van der Waals surface area contributed by atoms with Gasteiger partial charge in [-0.2, -0.15) is 8.42 Å². The Morgan fingerprint density at radius 3 is 2.10 bits per heavy atom. The van der Waals surface area contributed by atoms with Gasteiger partial charge in [0.1, 0.15) is 16.6 Å². The fraction of sp³-hybridized carbons (Fsp3) is 0.103. The molecule has 0 saturated carbocycles. The monoisotopic (exact) mass is 560 g/mol. The third-order valence-electron chi connectivity index (χ3n) is 6.66. The van der Waals surface area contributed by atoms with Gasteiger partial charge in [-0.25, -0.2) is 9.96 Å². The number of hydrogen-bond acceptors (Lipinski definition) is 7. The number of hydrogen-bond donors (Lipinski definition) is 0. The summed E-state index contributed by atoms with van der Waals surface area (Å²) in [5.41, 5.74) is 1.30. The molecule has 4 aromatic rings. The first-order valence-electron chi connectivity index (χ1n) is 12.1. The minimum absolute atomic E-state index is 0.0143. The molecule has 196 valence electrons. The molecule has 2 fully saturated rings. The predicted molar refractivity (Wildman–Crippen MR) is 145 cm³/mol. The van der Waals surface area contributed by atoms with Gasteiger partial charge in [0.15, 0.2) is 6.10 Å². The molecule has 0 spiro atoms. The number of rotatable bonds is 6. The Hall–Kier alpha value is -4.18. The average molecular weight is 561 g/mol. The SMILES string of the molecule is O=C1[C@H]2[C@H](ON(c3ccccc3)[C@@H]2c2ccccc2OS(=O)(=O)c2ccccc2)C(=O)N1c1cccc(Cl)c1. The third-order valence-corrected chi connectivity index (χ3v) is 8.15. The zero-order valence-corrected chi connectivity index (χ0v) is 21.8. The zero-order chi connectivity index (χ0) is 27.1. The molecule has 0 bridgehead atoms. The maximum Gasteiger partial charge on any atom is 0.339 e. The van der Waals surface area contributed by atoms with Gasteiger partial charge in [-0.15, -0.1) is 0 Å². The smallest absolute Gasteiger partial charge is 0.339 e. The Balaban J connectivity index is 1.45. The fourth-order valence-corrected chi connectivity index (χ4v) is 6.11. The highest BCUT2D eigenvalue weighted by atomic mass is 35.5. The molecule has 39 heavy (non-hydrogen) atoms. The maximum atomic E-state index is 13.9. The van der Waals surface area contributed by atoms with Crippen LogP contribution in [0.15, 0.2) is 114 Å². The second-order valence-electron chi connectivity index (χ2n) is 9.04. The molecule has 0 aliphatic carbocycles. The molecule has 8 nitrogen and oxygen atoms in total. The Morgan fingerprint density at radius 1 is 0.744 bits per heavy atom. The Morgan fingerprint density at radius 2 is 1.38 bits per heavy atom. The lowest BCUT2D eigenvalue weighted by Gasteiger charge is -2.29. The van der Waals surface area contributed by atoms with Crippen LogP contribution in [0.4, 0.5) is 11.4 Å². The van der Waals surface area contributed by atoms with Crippen LogP contribution < -0.4 is 14.1 Å². The number of imide groups is 1. The summed E-state index contributed by atoms with van der Waals surface area (Å²) in [7, 11) is -4.19. The van der Waals surface area contributed by atoms with Gasteiger partial charge >= 0.3 is 10.1 Å². The number of para-hydroxylation sites is 2. The molecule has 10 heteroatoms. The first-order valence-corrected chi connectivity index (χ1v) is 13.9. The molecule has 0 radical (unpaired) electrons. The first-order chi connectivity index (χ1) is 18.8. The van der Waals surface area contributed by atoms with E-state index in [2.05, 4.69) is 0 Å². The summed E-state index contributed by atoms with van der Waals surface area (Å²) >= 11 is 6.14. The van der Waals surface area contributed by atoms with E-state index in [4.69, 9.17) is 20.6 Å². The van der Waals surface area contributed by atoms with Gasteiger partial charge in [-0.3, -0.25) is 14.4 Å². The minimum Gasteiger partial charge on any atom is -0.379 e. The highest BCUT2D eigenvalue weighted by molar-refractivity contribution is 7.87. The van der Waals surface area contributed by atoms with Gasteiger partial charge in [0, 0.05) is 10.6 Å². The van der Waals surface area contributed by atoms with E-state index in [9.17, 15) is 18.0 Å². The van der Waals surface area contributed by atoms with Crippen LogP contribution in [0.25, 0.3) is 0 Å². The number of benzene rings is 4. The van der Waals surface area contributed by atoms with Crippen molar-refractivity contribution in [2.24, 2.45) is 5.92 Å². The van der Waals surface area contributed by atoms with Crippen LogP contribution in [0.2, 0.25) is 5.02 Å². The van der Waals surface area contributed by atoms with Crippen molar-refractivity contribution in [2.45, 2.75) is 17.0 Å². The number of hydroxylamine groups is 1. The van der Waals surface area contributed by atoms with Crippen molar-refractivity contribution >= 4 is 44.9 Å². The van der Waals surface area contributed by atoms with Gasteiger partial charge in [0.2, 0.25) is 5.91 Å². The van der Waals surface area contributed by atoms with Gasteiger partial charge in [-0.05, 0) is 48.5 Å². The van der Waals surface area contributed by atoms with Gasteiger partial charge in [-0.1, -0.05) is 72.3 Å². The third kappa shape index (κ3) is 4.44. The van der Waals surface area contributed by atoms with E-state index in [-0.39, 0.29) is 10.6 Å². The molecule has 2 heterocycles. The molecule has 2 aliphatic heterocycles. The van der Waals surface area contributed by atoms with Crippen LogP contribution in [0, 0.1) is 5.92 Å². The Bertz CT molecular complexity index is 1670. The summed E-state index contributed by atoms with van der Waals surface area (Å²) in [6.07, 6.45) is -1.14. The number of anilines is 2. The Labute approximate surface area is 230 Å². The van der Waals surface area contributed by atoms with Crippen molar-refractivity contribution < 1.29 is 27.0 Å². The molecule has 0 aromatic heterocycles. The Kier molecular flexibility index (Phi) is 6.34. The molecule has 3 atom stereocenters. The van der Waals surface area contributed by atoms with Crippen LogP contribution in [0.5, 0.6) is 5.75 Å². The van der Waals surface area contributed by atoms with Crippen molar-refractivity contribution in [3.63, 3.8) is 0 Å². The van der Waals surface area contributed by atoms with E-state index in [0.29, 0.717) is 22.0 Å². The molecule has 2 saturated heterocycles. The largest absolute Gasteiger partial charge is 0.379 e. The standard InChI is InChI=1S/C29H21ClN2O6S/c30-19-10-9-13-21(18-19)31-28(33)25-26(32(37-27(25)29(31)34)20-11-3-1-4-12-20)23-16-7-8-17-24(23)38-39(35,36)22-14-5-2-6-15-22/h1-18,25-27H/t25-,26-,27+/m1/s1. The highest BCUT2D eigenvalue weighted by Gasteiger charge is 2.60. The number of nitrogens with zero attached hydrogens (tertiary/aromatic N) is 2. The lowest BCUT2D eigenvalue weighted by Crippen LogP contribution is -2.37. The lowest BCUT2D eigenvalue weighted by atomic mass is 9.90. The summed E-state index contributed by atoms with van der Waals surface area (Å²) in [6.45, 7) is 0. The number of halogens is 1. The van der Waals surface area contributed by atoms with Crippen LogP contribution in [0.1, 0.15) is 11.6 Å². The van der Waals surface area contributed by atoms with Crippen LogP contribution in [-0.4, -0.2) is 26.3 Å². The first kappa shape index (κ1) is 25.1. The van der Waals surface area contributed by atoms with Crippen LogP contribution >= 0.6 is 11.6 Å². The fourth-order valence-electron chi connectivity index (χ4n) is 4.95. The average Bonchev–Trinajstić information content (AvgIpc) is 3.45. The number of amides is 2. The number of carbonyl (C=O) groups excluding carboxylic acids is 2. The molecule has 2 amide bonds. The van der Waals surface area contributed by atoms with E-state index in [1.54, 1.807) is 78.9 Å². The van der Waals surface area contributed by atoms with E-state index in [1.165, 1.54) is 29.3 Å². The zero-order valence-electron chi connectivity index (χ0n) is 20.3. The maximum absolute atomic E-state index is 13.9. The lowest BCUT2D eigenvalue weighted by molar-refractivity contribution is -0.126. The number of fused-ring (bicyclic) bond motifs is 1. The van der Waals surface area contributed by atoms with Crippen molar-refractivity contribution in [1.82, 2.24) is 0 Å². The van der Waals surface area contributed by atoms with Gasteiger partial charge in [0.05, 0.1) is 17.4 Å². The van der Waals surface area contributed by atoms with Crippen molar-refractivity contribution in [3.8, 4) is 5.75 Å². The molecular weight excluding hydrogens is 540 g/mol. The van der Waals surface area contributed by atoms with Crippen LogP contribution in [-0.2, 0) is 24.5 Å². The summed E-state index contributed by atoms with van der Waals surface area (Å²) in [5, 5.41) is 1.86. The quantitative estimate of drug-likeness (QED) is 0.237. The molecule has 6 rings (SSSR count). The normalized spacial score (nSPS) is 20.8. The predicted octanol–water partition coefficient (Wildman–Crippen LogP) is 5.16. The van der Waals surface area contributed by atoms with E-state index < -0.39 is 40.0 Å². The topological polar surface area (TPSA) is 93.2 Å². The summed E-state index contributed by atoms with van der Waals surface area (Å²) < 4.78 is 31.9. The molecular formula is C29H21ClN2O6S. The molecule has 0 N–H and O–H groups in total. The number of carbonyl (C=O) groups is 2. The van der Waals surface area contributed by atoms with Crippen LogP contribution in [0.3, 0.4) is 0 Å². The van der Waals surface area contributed by atoms with Crippen molar-refractivity contribution in [2.75, 3.05) is 9.96 Å². The van der Waals surface area contributed by atoms with Gasteiger partial charge < -0.3 is 4.18 Å². The minimum atomic E-state index is -4.19. The van der Waals surface area contributed by atoms with Crippen molar-refractivity contribution in [3.05, 3.63) is 120 Å². The van der Waals surface area contributed by atoms with E-state index >= 15 is 0 Å². The second-order valence-corrected chi connectivity index (χ2v) is 11.0. The highest BCUT2D eigenvalue weighted by Crippen LogP contribution is 2.49. The summed E-state index contributed by atoms with van der Waals surface area (Å²) in [6, 6.07) is 28.9. The van der Waals surface area contributed by atoms with E-state index in [0.717, 1.165) is 4.90 Å². The van der Waals surface area contributed by atoms with E-state index in [1.807, 2.05) is 6.07 Å².